The van der Waals surface area contributed by atoms with Gasteiger partial charge in [-0.2, -0.15) is 0 Å². The topological polar surface area (TPSA) is 170 Å². The van der Waals surface area contributed by atoms with Crippen LogP contribution in [0.3, 0.4) is 0 Å². The summed E-state index contributed by atoms with van der Waals surface area (Å²) in [6, 6.07) is 0. The Morgan fingerprint density at radius 3 is 2.31 bits per heavy atom. The summed E-state index contributed by atoms with van der Waals surface area (Å²) in [6.07, 6.45) is 17.3. The highest BCUT2D eigenvalue weighted by Crippen LogP contribution is 2.57. The molecule has 5 aliphatic carbocycles. The molecule has 300 valence electrons. The molecule has 1 heterocycles. The predicted molar refractivity (Wildman–Crippen MR) is 209 cm³/mol. The van der Waals surface area contributed by atoms with Crippen LogP contribution in [-0.4, -0.2) is 97.4 Å². The molecule has 0 aromatic heterocycles. The first-order valence-electron chi connectivity index (χ1n) is 19.7. The Hall–Kier alpha value is -4.02. The largest absolute Gasteiger partial charge is 0.439 e. The van der Waals surface area contributed by atoms with Crippen LogP contribution in [0.15, 0.2) is 58.5 Å². The fraction of sp³-hybridized carbons (Fsp3) is 0.628. The number of aliphatic hydroxyl groups excluding tert-OH is 1. The Balaban J connectivity index is 1.43. The Morgan fingerprint density at radius 2 is 1.73 bits per heavy atom. The number of allylic oxidation sites excluding steroid dienone is 4. The number of hydrogen-bond donors (Lipinski definition) is 4. The molecule has 55 heavy (non-hydrogen) atoms. The second kappa shape index (κ2) is 18.3. The second-order valence-electron chi connectivity index (χ2n) is 16.6. The average Bonchev–Trinajstić information content (AvgIpc) is 3.12. The first kappa shape index (κ1) is 42.1. The molecule has 0 aromatic rings. The third-order valence-electron chi connectivity index (χ3n) is 12.4. The molecule has 6 atom stereocenters. The van der Waals surface area contributed by atoms with Crippen molar-refractivity contribution >= 4 is 23.6 Å². The van der Waals surface area contributed by atoms with Crippen LogP contribution in [0.1, 0.15) is 79.1 Å². The molecule has 6 rings (SSSR count). The molecular formula is C43H60N4O8. The van der Waals surface area contributed by atoms with Crippen LogP contribution in [0.2, 0.25) is 0 Å². The lowest BCUT2D eigenvalue weighted by Gasteiger charge is -2.60. The van der Waals surface area contributed by atoms with Crippen LogP contribution in [0.5, 0.6) is 0 Å². The van der Waals surface area contributed by atoms with E-state index < -0.39 is 53.9 Å². The number of ketones is 2. The highest BCUT2D eigenvalue weighted by atomic mass is 16.6. The lowest BCUT2D eigenvalue weighted by molar-refractivity contribution is -0.120. The van der Waals surface area contributed by atoms with Gasteiger partial charge in [0.2, 0.25) is 11.6 Å². The third-order valence-corrected chi connectivity index (χ3v) is 12.4. The van der Waals surface area contributed by atoms with E-state index in [0.29, 0.717) is 31.6 Å². The maximum Gasteiger partial charge on any atom is 0.405 e. The number of ether oxygens (including phenoxy) is 3. The number of Topliss-reactive ketones (excluding diaryl/α,β-unsaturated/α-hetero) is 1. The standard InChI is InChI=1S/C43H60N4O8/c1-8-13-47(43-22-29-18-30(23-43)20-31(19-29)24-43)14-12-45-37-32-15-25(2)16-36(54-7)38(49)27(4)17-28(5)40(55-42(44)52)35(53-6)11-9-10-26(3)41(51)46-33(39(32)50)21-34(37)48/h1,9-11,17,21,25,27,29-31,35-36,38,40,45,49H,12-16,18-20,22-24H2,2-7H3,(H2,44,52)(H,46,51)/b11-9-,26-10+,28-17+/t25-,27+,29?,30?,31?,35+,36+,38-,40+,43?/m1/s1. The van der Waals surface area contributed by atoms with Crippen LogP contribution in [0.4, 0.5) is 4.79 Å². The molecule has 0 spiro atoms. The van der Waals surface area contributed by atoms with Crippen molar-refractivity contribution in [2.75, 3.05) is 33.9 Å². The van der Waals surface area contributed by atoms with Crippen molar-refractivity contribution in [2.45, 2.75) is 109 Å². The number of aliphatic hydroxyl groups is 1. The van der Waals surface area contributed by atoms with Crippen LogP contribution in [-0.2, 0) is 28.6 Å². The summed E-state index contributed by atoms with van der Waals surface area (Å²) >= 11 is 0. The molecule has 4 fully saturated rings. The van der Waals surface area contributed by atoms with Gasteiger partial charge in [-0.15, -0.1) is 6.42 Å². The molecule has 0 radical (unpaired) electrons. The van der Waals surface area contributed by atoms with Gasteiger partial charge in [-0.3, -0.25) is 19.3 Å². The van der Waals surface area contributed by atoms with Crippen molar-refractivity contribution in [1.82, 2.24) is 15.5 Å². The highest BCUT2D eigenvalue weighted by molar-refractivity contribution is 6.23. The van der Waals surface area contributed by atoms with Crippen molar-refractivity contribution in [2.24, 2.45) is 35.3 Å². The number of carbonyl (C=O) groups is 4. The monoisotopic (exact) mass is 760 g/mol. The van der Waals surface area contributed by atoms with Crippen molar-refractivity contribution in [3.8, 4) is 12.3 Å². The lowest BCUT2D eigenvalue weighted by Crippen LogP contribution is -2.61. The molecule has 6 bridgehead atoms. The molecule has 5 N–H and O–H groups in total. The molecule has 0 unspecified atom stereocenters. The van der Waals surface area contributed by atoms with Crippen LogP contribution in [0, 0.1) is 41.9 Å². The zero-order chi connectivity index (χ0) is 40.0. The van der Waals surface area contributed by atoms with Gasteiger partial charge >= 0.3 is 6.09 Å². The summed E-state index contributed by atoms with van der Waals surface area (Å²) in [7, 11) is 2.96. The smallest absolute Gasteiger partial charge is 0.405 e. The number of nitrogens with two attached hydrogens (primary N) is 1. The minimum Gasteiger partial charge on any atom is -0.439 e. The van der Waals surface area contributed by atoms with E-state index in [9.17, 15) is 24.3 Å². The van der Waals surface area contributed by atoms with Crippen molar-refractivity contribution in [3.05, 3.63) is 58.5 Å². The van der Waals surface area contributed by atoms with Gasteiger partial charge in [0.15, 0.2) is 6.10 Å². The minimum absolute atomic E-state index is 0.0828. The molecule has 2 amide bonds. The van der Waals surface area contributed by atoms with E-state index in [1.165, 1.54) is 45.6 Å². The molecule has 0 saturated heterocycles. The van der Waals surface area contributed by atoms with Crippen molar-refractivity contribution in [3.63, 3.8) is 0 Å². The first-order chi connectivity index (χ1) is 26.2. The number of amides is 2. The first-order valence-corrected chi connectivity index (χ1v) is 19.7. The summed E-state index contributed by atoms with van der Waals surface area (Å²) in [5.41, 5.74) is 6.73. The number of nitrogens with one attached hydrogen (secondary N) is 2. The van der Waals surface area contributed by atoms with Crippen LogP contribution < -0.4 is 16.4 Å². The molecule has 12 nitrogen and oxygen atoms in total. The Labute approximate surface area is 326 Å². The maximum atomic E-state index is 14.2. The number of primary amides is 1. The van der Waals surface area contributed by atoms with Gasteiger partial charge in [0.1, 0.15) is 6.10 Å². The van der Waals surface area contributed by atoms with Gasteiger partial charge in [0, 0.05) is 56.0 Å². The van der Waals surface area contributed by atoms with Gasteiger partial charge in [0.25, 0.3) is 5.91 Å². The summed E-state index contributed by atoms with van der Waals surface area (Å²) in [4.78, 5) is 55.7. The molecule has 12 heteroatoms. The van der Waals surface area contributed by atoms with Gasteiger partial charge in [-0.25, -0.2) is 4.79 Å². The Bertz CT molecular complexity index is 1650. The number of hydrogen-bond acceptors (Lipinski definition) is 10. The average molecular weight is 761 g/mol. The van der Waals surface area contributed by atoms with Crippen molar-refractivity contribution in [1.29, 1.82) is 0 Å². The molecule has 4 saturated carbocycles. The van der Waals surface area contributed by atoms with E-state index in [0.717, 1.165) is 37.0 Å². The van der Waals surface area contributed by atoms with Gasteiger partial charge < -0.3 is 35.7 Å². The van der Waals surface area contributed by atoms with E-state index >= 15 is 0 Å². The predicted octanol–water partition coefficient (Wildman–Crippen LogP) is 4.26. The van der Waals surface area contributed by atoms with Gasteiger partial charge in [-0.1, -0.05) is 44.1 Å². The molecular weight excluding hydrogens is 700 g/mol. The fourth-order valence-electron chi connectivity index (χ4n) is 10.1. The van der Waals surface area contributed by atoms with E-state index in [1.807, 2.05) is 13.8 Å². The number of terminal acetylenes is 1. The summed E-state index contributed by atoms with van der Waals surface area (Å²) in [6.45, 7) is 8.68. The number of methoxy groups -OCH3 is 2. The number of nitrogens with zero attached hydrogens (tertiary/aromatic N) is 1. The fourth-order valence-corrected chi connectivity index (χ4v) is 10.1. The highest BCUT2D eigenvalue weighted by Gasteiger charge is 2.53. The molecule has 6 aliphatic rings. The Kier molecular flexibility index (Phi) is 14.0. The second-order valence-corrected chi connectivity index (χ2v) is 16.6. The SMILES string of the molecule is C#CCN(CCNC1=C2C[C@@H](C)C[C@H](OC)[C@H](O)[C@@H](C)/C=C(\C)[C@H](OC(N)=O)[C@@H](OC)/C=C\C=C(/C)C(=O)NC(=CC1=O)C2=O)C12CC3CC(CC(C3)C1)C2. The normalized spacial score (nSPS) is 37.0. The maximum absolute atomic E-state index is 14.2. The van der Waals surface area contributed by atoms with E-state index in [1.54, 1.807) is 32.1 Å². The lowest BCUT2D eigenvalue weighted by atomic mass is 9.52. The third kappa shape index (κ3) is 9.87. The zero-order valence-corrected chi connectivity index (χ0v) is 33.3. The van der Waals surface area contributed by atoms with E-state index in [-0.39, 0.29) is 40.4 Å². The van der Waals surface area contributed by atoms with Crippen LogP contribution >= 0.6 is 0 Å². The molecule has 0 aromatic carbocycles. The van der Waals surface area contributed by atoms with E-state index in [2.05, 4.69) is 21.5 Å². The summed E-state index contributed by atoms with van der Waals surface area (Å²) in [5.74, 6) is 3.05. The number of carbonyl (C=O) groups excluding carboxylic acids is 4. The molecule has 1 aliphatic heterocycles. The zero-order valence-electron chi connectivity index (χ0n) is 33.3. The van der Waals surface area contributed by atoms with Crippen molar-refractivity contribution < 1.29 is 38.5 Å². The van der Waals surface area contributed by atoms with E-state index in [4.69, 9.17) is 26.4 Å². The Morgan fingerprint density at radius 1 is 1.07 bits per heavy atom. The quantitative estimate of drug-likeness (QED) is 0.151. The van der Waals surface area contributed by atoms with Crippen LogP contribution in [0.25, 0.3) is 0 Å². The summed E-state index contributed by atoms with van der Waals surface area (Å²) in [5, 5.41) is 17.5. The number of fused-ring (bicyclic) bond motifs is 2. The minimum atomic E-state index is -0.997. The van der Waals surface area contributed by atoms with Gasteiger partial charge in [0.05, 0.1) is 30.1 Å². The van der Waals surface area contributed by atoms with Gasteiger partial charge in [-0.05, 0) is 94.5 Å². The number of rotatable bonds is 9. The summed E-state index contributed by atoms with van der Waals surface area (Å²) < 4.78 is 16.8.